The van der Waals surface area contributed by atoms with Crippen LogP contribution in [0.3, 0.4) is 0 Å². The van der Waals surface area contributed by atoms with Crippen molar-refractivity contribution in [1.29, 1.82) is 0 Å². The summed E-state index contributed by atoms with van der Waals surface area (Å²) in [7, 11) is 0. The van der Waals surface area contributed by atoms with E-state index in [1.807, 2.05) is 0 Å². The Labute approximate surface area is 120 Å². The summed E-state index contributed by atoms with van der Waals surface area (Å²) < 4.78 is 47.1. The first-order valence-corrected chi connectivity index (χ1v) is 6.95. The highest BCUT2D eigenvalue weighted by molar-refractivity contribution is 5.51. The lowest BCUT2D eigenvalue weighted by Gasteiger charge is -2.18. The van der Waals surface area contributed by atoms with Crippen molar-refractivity contribution >= 4 is 6.47 Å². The average molecular weight is 300 g/mol. The summed E-state index contributed by atoms with van der Waals surface area (Å²) in [4.78, 5) is 10.3. The minimum Gasteiger partial charge on any atom is -0.463 e. The van der Waals surface area contributed by atoms with E-state index in [0.717, 1.165) is 31.2 Å². The zero-order valence-electron chi connectivity index (χ0n) is 11.3. The lowest BCUT2D eigenvalue weighted by atomic mass is 9.98. The Morgan fingerprint density at radius 1 is 1.10 bits per heavy atom. The molecule has 1 aromatic rings. The third-order valence-electron chi connectivity index (χ3n) is 3.78. The van der Waals surface area contributed by atoms with Crippen molar-refractivity contribution in [3.8, 4) is 5.75 Å². The lowest BCUT2D eigenvalue weighted by molar-refractivity contribution is -0.275. The summed E-state index contributed by atoms with van der Waals surface area (Å²) in [6, 6.07) is 3.35. The van der Waals surface area contributed by atoms with Crippen LogP contribution in [-0.2, 0) is 16.1 Å². The average Bonchev–Trinajstić information content (AvgIpc) is 3.27. The molecule has 6 heteroatoms. The SMILES string of the molecule is O=COCc1cc(C2CC2)c(OC(F)(F)F)c(C2CC2)c1. The van der Waals surface area contributed by atoms with Gasteiger partial charge in [0.2, 0.25) is 0 Å². The Kier molecular flexibility index (Phi) is 3.55. The highest BCUT2D eigenvalue weighted by Gasteiger charge is 2.39. The normalized spacial score (nSPS) is 18.4. The molecule has 114 valence electrons. The molecular formula is C15H15F3O3. The molecule has 0 radical (unpaired) electrons. The van der Waals surface area contributed by atoms with Gasteiger partial charge in [0.05, 0.1) is 0 Å². The van der Waals surface area contributed by atoms with Crippen LogP contribution >= 0.6 is 0 Å². The Hall–Kier alpha value is -1.72. The van der Waals surface area contributed by atoms with E-state index in [4.69, 9.17) is 4.74 Å². The molecule has 2 aliphatic rings. The predicted molar refractivity (Wildman–Crippen MR) is 67.9 cm³/mol. The molecule has 0 atom stereocenters. The maximum Gasteiger partial charge on any atom is 0.573 e. The molecule has 0 amide bonds. The van der Waals surface area contributed by atoms with E-state index in [1.54, 1.807) is 12.1 Å². The van der Waals surface area contributed by atoms with E-state index in [0.29, 0.717) is 17.6 Å². The maximum atomic E-state index is 12.7. The first-order valence-electron chi connectivity index (χ1n) is 6.95. The topological polar surface area (TPSA) is 35.5 Å². The number of ether oxygens (including phenoxy) is 2. The molecular weight excluding hydrogens is 285 g/mol. The molecule has 2 fully saturated rings. The van der Waals surface area contributed by atoms with Gasteiger partial charge in [-0.25, -0.2) is 0 Å². The number of halogens is 3. The minimum atomic E-state index is -4.69. The summed E-state index contributed by atoms with van der Waals surface area (Å²) in [6.45, 7) is 0.420. The van der Waals surface area contributed by atoms with Gasteiger partial charge < -0.3 is 9.47 Å². The van der Waals surface area contributed by atoms with E-state index >= 15 is 0 Å². The monoisotopic (exact) mass is 300 g/mol. The van der Waals surface area contributed by atoms with Crippen molar-refractivity contribution < 1.29 is 27.4 Å². The van der Waals surface area contributed by atoms with Crippen LogP contribution in [-0.4, -0.2) is 12.8 Å². The van der Waals surface area contributed by atoms with Gasteiger partial charge >= 0.3 is 6.36 Å². The van der Waals surface area contributed by atoms with Crippen molar-refractivity contribution in [3.05, 3.63) is 28.8 Å². The molecule has 0 aromatic heterocycles. The van der Waals surface area contributed by atoms with E-state index < -0.39 is 6.36 Å². The number of alkyl halides is 3. The minimum absolute atomic E-state index is 0.0256. The quantitative estimate of drug-likeness (QED) is 0.745. The van der Waals surface area contributed by atoms with Gasteiger partial charge in [-0.1, -0.05) is 0 Å². The molecule has 1 aromatic carbocycles. The number of hydrogen-bond acceptors (Lipinski definition) is 3. The Balaban J connectivity index is 2.00. The molecule has 21 heavy (non-hydrogen) atoms. The summed E-state index contributed by atoms with van der Waals surface area (Å²) in [6.07, 6.45) is -1.20. The number of carbonyl (C=O) groups excluding carboxylic acids is 1. The molecule has 3 nitrogen and oxygen atoms in total. The fraction of sp³-hybridized carbons (Fsp3) is 0.533. The van der Waals surface area contributed by atoms with Gasteiger partial charge in [0.25, 0.3) is 6.47 Å². The molecule has 0 spiro atoms. The van der Waals surface area contributed by atoms with Gasteiger partial charge in [0.1, 0.15) is 12.4 Å². The maximum absolute atomic E-state index is 12.7. The first kappa shape index (κ1) is 14.2. The molecule has 0 N–H and O–H groups in total. The molecule has 2 aliphatic carbocycles. The highest BCUT2D eigenvalue weighted by atomic mass is 19.4. The molecule has 0 unspecified atom stereocenters. The van der Waals surface area contributed by atoms with Crippen molar-refractivity contribution in [1.82, 2.24) is 0 Å². The van der Waals surface area contributed by atoms with Crippen molar-refractivity contribution in [2.75, 3.05) is 0 Å². The predicted octanol–water partition coefficient (Wildman–Crippen LogP) is 4.01. The van der Waals surface area contributed by atoms with Crippen LogP contribution in [0.4, 0.5) is 13.2 Å². The van der Waals surface area contributed by atoms with Gasteiger partial charge in [-0.05, 0) is 66.3 Å². The van der Waals surface area contributed by atoms with Crippen LogP contribution in [0.5, 0.6) is 5.75 Å². The number of hydrogen-bond donors (Lipinski definition) is 0. The third-order valence-corrected chi connectivity index (χ3v) is 3.78. The van der Waals surface area contributed by atoms with Crippen LogP contribution in [0.1, 0.15) is 54.2 Å². The summed E-state index contributed by atoms with van der Waals surface area (Å²) >= 11 is 0. The molecule has 2 saturated carbocycles. The second-order valence-electron chi connectivity index (χ2n) is 5.61. The van der Waals surface area contributed by atoms with Gasteiger partial charge in [-0.3, -0.25) is 4.79 Å². The smallest absolute Gasteiger partial charge is 0.463 e. The fourth-order valence-electron chi connectivity index (χ4n) is 2.58. The van der Waals surface area contributed by atoms with E-state index in [1.165, 1.54) is 0 Å². The molecule has 0 bridgehead atoms. The van der Waals surface area contributed by atoms with Gasteiger partial charge in [0.15, 0.2) is 0 Å². The first-order chi connectivity index (χ1) is 9.98. The number of carbonyl (C=O) groups is 1. The van der Waals surface area contributed by atoms with Crippen LogP contribution in [0, 0.1) is 0 Å². The van der Waals surface area contributed by atoms with Crippen molar-refractivity contribution in [2.45, 2.75) is 50.5 Å². The zero-order chi connectivity index (χ0) is 15.0. The van der Waals surface area contributed by atoms with E-state index in [9.17, 15) is 18.0 Å². The highest BCUT2D eigenvalue weighted by Crippen LogP contribution is 2.52. The second kappa shape index (κ2) is 5.24. The Morgan fingerprint density at radius 3 is 2.00 bits per heavy atom. The molecule has 3 rings (SSSR count). The van der Waals surface area contributed by atoms with E-state index in [-0.39, 0.29) is 24.2 Å². The van der Waals surface area contributed by atoms with Crippen LogP contribution in [0.2, 0.25) is 0 Å². The summed E-state index contributed by atoms with van der Waals surface area (Å²) in [5.74, 6) is 0.217. The number of rotatable bonds is 6. The van der Waals surface area contributed by atoms with Gasteiger partial charge in [-0.2, -0.15) is 0 Å². The second-order valence-corrected chi connectivity index (χ2v) is 5.61. The standard InChI is InChI=1S/C15H15F3O3/c16-15(17,18)21-14-12(10-1-2-10)5-9(7-20-8-19)6-13(14)11-3-4-11/h5-6,8,10-11H,1-4,7H2. The lowest BCUT2D eigenvalue weighted by Crippen LogP contribution is -2.19. The van der Waals surface area contributed by atoms with Gasteiger partial charge in [0, 0.05) is 0 Å². The van der Waals surface area contributed by atoms with Crippen LogP contribution in [0.25, 0.3) is 0 Å². The molecule has 0 aliphatic heterocycles. The van der Waals surface area contributed by atoms with Crippen molar-refractivity contribution in [3.63, 3.8) is 0 Å². The van der Waals surface area contributed by atoms with Crippen molar-refractivity contribution in [2.24, 2.45) is 0 Å². The van der Waals surface area contributed by atoms with E-state index in [2.05, 4.69) is 4.74 Å². The number of benzene rings is 1. The van der Waals surface area contributed by atoms with Crippen LogP contribution in [0.15, 0.2) is 12.1 Å². The summed E-state index contributed by atoms with van der Waals surface area (Å²) in [5.41, 5.74) is 1.92. The Morgan fingerprint density at radius 2 is 1.62 bits per heavy atom. The largest absolute Gasteiger partial charge is 0.573 e. The Bertz CT molecular complexity index is 513. The molecule has 0 heterocycles. The third kappa shape index (κ3) is 3.49. The zero-order valence-corrected chi connectivity index (χ0v) is 11.3. The van der Waals surface area contributed by atoms with Gasteiger partial charge in [-0.15, -0.1) is 13.2 Å². The molecule has 0 saturated heterocycles. The fourth-order valence-corrected chi connectivity index (χ4v) is 2.58. The summed E-state index contributed by atoms with van der Waals surface area (Å²) in [5, 5.41) is 0. The van der Waals surface area contributed by atoms with Crippen LogP contribution < -0.4 is 4.74 Å².